The van der Waals surface area contributed by atoms with E-state index in [0.29, 0.717) is 19.4 Å². The van der Waals surface area contributed by atoms with Crippen molar-refractivity contribution < 1.29 is 23.8 Å². The van der Waals surface area contributed by atoms with Gasteiger partial charge in [-0.1, -0.05) is 242 Å². The zero-order valence-electron chi connectivity index (χ0n) is 42.8. The number of hydrogen-bond donors (Lipinski definition) is 0. The molecular weight excluding hydrogens is 789 g/mol. The van der Waals surface area contributed by atoms with E-state index >= 15 is 0 Å². The van der Waals surface area contributed by atoms with E-state index in [2.05, 4.69) is 81.5 Å². The van der Waals surface area contributed by atoms with Gasteiger partial charge in [0.15, 0.2) is 6.10 Å². The number of allylic oxidation sites excluding steroid dienone is 10. The van der Waals surface area contributed by atoms with Crippen molar-refractivity contribution >= 4 is 11.9 Å². The van der Waals surface area contributed by atoms with Crippen molar-refractivity contribution in [1.29, 1.82) is 0 Å². The third-order valence-corrected chi connectivity index (χ3v) is 12.0. The van der Waals surface area contributed by atoms with Gasteiger partial charge in [-0.25, -0.2) is 0 Å². The SMILES string of the molecule is CC/C=C\C/C=C\C/C=C\CCCCCC(=O)OC(COCCCCCCCCCCCC/C=C\C/C=C\CCCCC)COC(=O)CCCCCCCCCCCCCCCCC. The minimum Gasteiger partial charge on any atom is -0.462 e. The van der Waals surface area contributed by atoms with Gasteiger partial charge in [0.05, 0.1) is 6.61 Å². The fourth-order valence-corrected chi connectivity index (χ4v) is 7.91. The summed E-state index contributed by atoms with van der Waals surface area (Å²) in [6, 6.07) is 0. The number of ether oxygens (including phenoxy) is 3. The number of unbranched alkanes of at least 4 members (excludes halogenated alkanes) is 30. The van der Waals surface area contributed by atoms with Crippen LogP contribution in [0.1, 0.15) is 278 Å². The van der Waals surface area contributed by atoms with Crippen molar-refractivity contribution in [3.05, 3.63) is 60.8 Å². The molecule has 0 aliphatic heterocycles. The van der Waals surface area contributed by atoms with Gasteiger partial charge in [-0.2, -0.15) is 0 Å². The van der Waals surface area contributed by atoms with Crippen LogP contribution in [0.2, 0.25) is 0 Å². The Bertz CT molecular complexity index is 1100. The standard InChI is InChI=1S/C59H106O5/c1-4-7-10-13-16-19-22-25-27-28-29-30-31-33-36-39-42-45-48-51-54-62-55-57(64-59(61)53-50-47-44-41-38-34-24-21-18-15-12-9-6-3)56-63-58(60)52-49-46-43-40-37-35-32-26-23-20-17-14-11-8-5-2/h9,12,16,18-19,21,25,27,34,38,57H,4-8,10-11,13-15,17,20,22-24,26,28-33,35-37,39-56H2,1-3H3/b12-9-,19-16-,21-18-,27-25-,38-34-. The fraction of sp³-hybridized carbons (Fsp3) is 0.797. The van der Waals surface area contributed by atoms with Crippen LogP contribution >= 0.6 is 0 Å². The third kappa shape index (κ3) is 52.2. The summed E-state index contributed by atoms with van der Waals surface area (Å²) in [4.78, 5) is 25.4. The Labute approximate surface area is 398 Å². The normalized spacial score (nSPS) is 12.6. The van der Waals surface area contributed by atoms with Crippen molar-refractivity contribution in [3.8, 4) is 0 Å². The van der Waals surface area contributed by atoms with Gasteiger partial charge in [-0.3, -0.25) is 9.59 Å². The minimum atomic E-state index is -0.552. The van der Waals surface area contributed by atoms with E-state index in [-0.39, 0.29) is 25.2 Å². The monoisotopic (exact) mass is 895 g/mol. The Hall–Kier alpha value is -2.40. The highest BCUT2D eigenvalue weighted by Gasteiger charge is 2.17. The molecule has 0 saturated heterocycles. The first-order valence-corrected chi connectivity index (χ1v) is 27.8. The number of carbonyl (C=O) groups is 2. The van der Waals surface area contributed by atoms with E-state index in [1.54, 1.807) is 0 Å². The maximum absolute atomic E-state index is 12.8. The summed E-state index contributed by atoms with van der Waals surface area (Å²) in [7, 11) is 0. The largest absolute Gasteiger partial charge is 0.462 e. The highest BCUT2D eigenvalue weighted by Crippen LogP contribution is 2.16. The molecule has 0 fully saturated rings. The van der Waals surface area contributed by atoms with Gasteiger partial charge in [-0.05, 0) is 83.5 Å². The third-order valence-electron chi connectivity index (χ3n) is 12.0. The lowest BCUT2D eigenvalue weighted by molar-refractivity contribution is -0.163. The second-order valence-electron chi connectivity index (χ2n) is 18.5. The zero-order valence-corrected chi connectivity index (χ0v) is 42.8. The lowest BCUT2D eigenvalue weighted by Gasteiger charge is -2.18. The van der Waals surface area contributed by atoms with E-state index in [9.17, 15) is 9.59 Å². The molecule has 1 atom stereocenters. The minimum absolute atomic E-state index is 0.0744. The van der Waals surface area contributed by atoms with Gasteiger partial charge in [0.25, 0.3) is 0 Å². The molecule has 0 radical (unpaired) electrons. The molecular formula is C59H106O5. The number of carbonyl (C=O) groups excluding carboxylic acids is 2. The van der Waals surface area contributed by atoms with Gasteiger partial charge < -0.3 is 14.2 Å². The van der Waals surface area contributed by atoms with E-state index < -0.39 is 6.10 Å². The van der Waals surface area contributed by atoms with Crippen molar-refractivity contribution in [3.63, 3.8) is 0 Å². The van der Waals surface area contributed by atoms with Crippen LogP contribution in [0.15, 0.2) is 60.8 Å². The first-order valence-electron chi connectivity index (χ1n) is 27.8. The topological polar surface area (TPSA) is 61.8 Å². The molecule has 0 aromatic heterocycles. The summed E-state index contributed by atoms with van der Waals surface area (Å²) < 4.78 is 17.4. The van der Waals surface area contributed by atoms with Crippen LogP contribution in [0, 0.1) is 0 Å². The molecule has 0 N–H and O–H groups in total. The molecule has 372 valence electrons. The first kappa shape index (κ1) is 61.6. The second kappa shape index (κ2) is 54.9. The Kier molecular flexibility index (Phi) is 52.9. The summed E-state index contributed by atoms with van der Waals surface area (Å²) in [5, 5.41) is 0. The van der Waals surface area contributed by atoms with Gasteiger partial charge in [0.1, 0.15) is 6.61 Å². The smallest absolute Gasteiger partial charge is 0.306 e. The van der Waals surface area contributed by atoms with Crippen LogP contribution in [-0.2, 0) is 23.8 Å². The number of hydrogen-bond acceptors (Lipinski definition) is 5. The van der Waals surface area contributed by atoms with Crippen molar-refractivity contribution in [2.75, 3.05) is 19.8 Å². The Balaban J connectivity index is 4.25. The van der Waals surface area contributed by atoms with Crippen LogP contribution < -0.4 is 0 Å². The zero-order chi connectivity index (χ0) is 46.3. The van der Waals surface area contributed by atoms with E-state index in [4.69, 9.17) is 14.2 Å². The maximum atomic E-state index is 12.8. The summed E-state index contributed by atoms with van der Waals surface area (Å²) in [5.74, 6) is -0.421. The molecule has 64 heavy (non-hydrogen) atoms. The summed E-state index contributed by atoms with van der Waals surface area (Å²) in [6.45, 7) is 7.69. The molecule has 0 aromatic rings. The Morgan fingerprint density at radius 2 is 0.703 bits per heavy atom. The van der Waals surface area contributed by atoms with Gasteiger partial charge >= 0.3 is 11.9 Å². The van der Waals surface area contributed by atoms with Gasteiger partial charge in [-0.15, -0.1) is 0 Å². The average Bonchev–Trinajstić information content (AvgIpc) is 3.30. The summed E-state index contributed by atoms with van der Waals surface area (Å²) >= 11 is 0. The summed E-state index contributed by atoms with van der Waals surface area (Å²) in [6.07, 6.45) is 69.5. The number of rotatable bonds is 51. The lowest BCUT2D eigenvalue weighted by atomic mass is 10.0. The van der Waals surface area contributed by atoms with E-state index in [0.717, 1.165) is 77.0 Å². The van der Waals surface area contributed by atoms with E-state index in [1.807, 2.05) is 0 Å². The average molecular weight is 895 g/mol. The van der Waals surface area contributed by atoms with Gasteiger partial charge in [0, 0.05) is 19.4 Å². The molecule has 1 unspecified atom stereocenters. The molecule has 5 heteroatoms. The molecule has 0 rings (SSSR count). The molecule has 0 aliphatic carbocycles. The summed E-state index contributed by atoms with van der Waals surface area (Å²) in [5.41, 5.74) is 0. The van der Waals surface area contributed by atoms with Crippen LogP contribution in [-0.4, -0.2) is 37.9 Å². The van der Waals surface area contributed by atoms with Crippen LogP contribution in [0.3, 0.4) is 0 Å². The molecule has 0 heterocycles. The first-order chi connectivity index (χ1) is 31.6. The quantitative estimate of drug-likeness (QED) is 0.0346. The van der Waals surface area contributed by atoms with Crippen molar-refractivity contribution in [2.24, 2.45) is 0 Å². The maximum Gasteiger partial charge on any atom is 0.306 e. The lowest BCUT2D eigenvalue weighted by Crippen LogP contribution is -2.30. The van der Waals surface area contributed by atoms with Crippen molar-refractivity contribution in [2.45, 2.75) is 284 Å². The van der Waals surface area contributed by atoms with Gasteiger partial charge in [0.2, 0.25) is 0 Å². The second-order valence-corrected chi connectivity index (χ2v) is 18.5. The molecule has 0 saturated carbocycles. The molecule has 5 nitrogen and oxygen atoms in total. The molecule has 0 aliphatic rings. The highest BCUT2D eigenvalue weighted by molar-refractivity contribution is 5.70. The van der Waals surface area contributed by atoms with Crippen LogP contribution in [0.25, 0.3) is 0 Å². The Morgan fingerprint density at radius 3 is 1.17 bits per heavy atom. The predicted octanol–water partition coefficient (Wildman–Crippen LogP) is 18.9. The van der Waals surface area contributed by atoms with Crippen LogP contribution in [0.5, 0.6) is 0 Å². The highest BCUT2D eigenvalue weighted by atomic mass is 16.6. The van der Waals surface area contributed by atoms with Crippen LogP contribution in [0.4, 0.5) is 0 Å². The molecule has 0 spiro atoms. The number of esters is 2. The molecule has 0 aromatic carbocycles. The molecule has 0 bridgehead atoms. The van der Waals surface area contributed by atoms with Crippen molar-refractivity contribution in [1.82, 2.24) is 0 Å². The fourth-order valence-electron chi connectivity index (χ4n) is 7.91. The predicted molar refractivity (Wildman–Crippen MR) is 279 cm³/mol. The van der Waals surface area contributed by atoms with E-state index in [1.165, 1.54) is 167 Å². The Morgan fingerprint density at radius 1 is 0.359 bits per heavy atom. The molecule has 0 amide bonds.